The van der Waals surface area contributed by atoms with Gasteiger partial charge in [-0.2, -0.15) is 0 Å². The number of nitro groups is 1. The van der Waals surface area contributed by atoms with Gasteiger partial charge in [0.15, 0.2) is 0 Å². The van der Waals surface area contributed by atoms with Crippen LogP contribution in [0.25, 0.3) is 0 Å². The molecule has 0 spiro atoms. The summed E-state index contributed by atoms with van der Waals surface area (Å²) in [6.45, 7) is 4.51. The molecule has 0 aliphatic heterocycles. The topological polar surface area (TPSA) is 52.4 Å². The van der Waals surface area contributed by atoms with E-state index < -0.39 is 0 Å². The Morgan fingerprint density at radius 2 is 1.95 bits per heavy atom. The molecule has 0 amide bonds. The van der Waals surface area contributed by atoms with E-state index >= 15 is 0 Å². The molecule has 2 rings (SSSR count). The lowest BCUT2D eigenvalue weighted by Crippen LogP contribution is -2.28. The van der Waals surface area contributed by atoms with Gasteiger partial charge in [-0.05, 0) is 37.2 Å². The van der Waals surface area contributed by atoms with Crippen molar-refractivity contribution < 1.29 is 9.66 Å². The van der Waals surface area contributed by atoms with Gasteiger partial charge in [0.2, 0.25) is 0 Å². The molecule has 1 fully saturated rings. The summed E-state index contributed by atoms with van der Waals surface area (Å²) < 4.78 is 6.10. The van der Waals surface area contributed by atoms with Crippen molar-refractivity contribution in [3.63, 3.8) is 0 Å². The van der Waals surface area contributed by atoms with Crippen molar-refractivity contribution in [2.75, 3.05) is 0 Å². The van der Waals surface area contributed by atoms with Gasteiger partial charge in [0.1, 0.15) is 5.75 Å². The van der Waals surface area contributed by atoms with Gasteiger partial charge in [0.05, 0.1) is 11.0 Å². The van der Waals surface area contributed by atoms with Crippen molar-refractivity contribution in [2.24, 2.45) is 11.8 Å². The van der Waals surface area contributed by atoms with Crippen LogP contribution in [0.15, 0.2) is 18.2 Å². The fourth-order valence-corrected chi connectivity index (χ4v) is 3.49. The zero-order valence-electron chi connectivity index (χ0n) is 11.8. The van der Waals surface area contributed by atoms with Crippen LogP contribution in [0.3, 0.4) is 0 Å². The van der Waals surface area contributed by atoms with E-state index in [2.05, 4.69) is 29.8 Å². The molecule has 0 N–H and O–H groups in total. The molecule has 4 nitrogen and oxygen atoms in total. The number of hydrogen-bond acceptors (Lipinski definition) is 3. The fraction of sp³-hybridized carbons (Fsp3) is 0.600. The van der Waals surface area contributed by atoms with Crippen LogP contribution in [-0.4, -0.2) is 11.0 Å². The lowest BCUT2D eigenvalue weighted by Gasteiger charge is -2.32. The monoisotopic (exact) mass is 341 g/mol. The van der Waals surface area contributed by atoms with Crippen molar-refractivity contribution in [1.29, 1.82) is 0 Å². The first-order valence-electron chi connectivity index (χ1n) is 6.99. The quantitative estimate of drug-likeness (QED) is 0.453. The lowest BCUT2D eigenvalue weighted by atomic mass is 9.82. The summed E-state index contributed by atoms with van der Waals surface area (Å²) in [5.41, 5.74) is 0.947. The first-order chi connectivity index (χ1) is 9.49. The SMILES string of the molecule is CC1CC(C)CC(Oc2ccc([N+](=O)[O-])cc2CBr)C1. The molecular weight excluding hydrogens is 322 g/mol. The Balaban J connectivity index is 2.14. The molecule has 0 aromatic heterocycles. The lowest BCUT2D eigenvalue weighted by molar-refractivity contribution is -0.384. The predicted molar refractivity (Wildman–Crippen MR) is 82.3 cm³/mol. The Morgan fingerprint density at radius 1 is 1.30 bits per heavy atom. The molecule has 0 saturated heterocycles. The first-order valence-corrected chi connectivity index (χ1v) is 8.11. The molecule has 0 bridgehead atoms. The van der Waals surface area contributed by atoms with E-state index in [0.717, 1.165) is 24.2 Å². The standard InChI is InChI=1S/C15H20BrNO3/c1-10-5-11(2)7-14(6-10)20-15-4-3-13(17(18)19)8-12(15)9-16/h3-4,8,10-11,14H,5-7,9H2,1-2H3. The van der Waals surface area contributed by atoms with Crippen molar-refractivity contribution in [2.45, 2.75) is 44.5 Å². The van der Waals surface area contributed by atoms with Crippen molar-refractivity contribution in [3.8, 4) is 5.75 Å². The van der Waals surface area contributed by atoms with Gasteiger partial charge in [-0.25, -0.2) is 0 Å². The van der Waals surface area contributed by atoms with Gasteiger partial charge in [-0.1, -0.05) is 29.8 Å². The Labute approximate surface area is 127 Å². The highest BCUT2D eigenvalue weighted by atomic mass is 79.9. The molecule has 0 radical (unpaired) electrons. The number of benzene rings is 1. The molecule has 2 atom stereocenters. The normalized spacial score (nSPS) is 26.2. The summed E-state index contributed by atoms with van der Waals surface area (Å²) in [7, 11) is 0. The summed E-state index contributed by atoms with van der Waals surface area (Å²) in [4.78, 5) is 10.4. The summed E-state index contributed by atoms with van der Waals surface area (Å²) in [6, 6.07) is 4.82. The van der Waals surface area contributed by atoms with Gasteiger partial charge < -0.3 is 4.74 Å². The Morgan fingerprint density at radius 3 is 2.50 bits per heavy atom. The van der Waals surface area contributed by atoms with E-state index in [4.69, 9.17) is 4.74 Å². The molecule has 1 aliphatic rings. The second-order valence-electron chi connectivity index (χ2n) is 5.84. The Kier molecular flexibility index (Phi) is 5.02. The zero-order chi connectivity index (χ0) is 14.7. The highest BCUT2D eigenvalue weighted by Gasteiger charge is 2.26. The maximum atomic E-state index is 10.8. The third-order valence-electron chi connectivity index (χ3n) is 3.83. The number of halogens is 1. The van der Waals surface area contributed by atoms with Gasteiger partial charge >= 0.3 is 0 Å². The molecular formula is C15H20BrNO3. The van der Waals surface area contributed by atoms with E-state index in [9.17, 15) is 10.1 Å². The minimum absolute atomic E-state index is 0.109. The Hall–Kier alpha value is -1.10. The van der Waals surface area contributed by atoms with Crippen LogP contribution in [-0.2, 0) is 5.33 Å². The van der Waals surface area contributed by atoms with Crippen LogP contribution in [0.2, 0.25) is 0 Å². The third-order valence-corrected chi connectivity index (χ3v) is 4.43. The zero-order valence-corrected chi connectivity index (χ0v) is 13.4. The summed E-state index contributed by atoms with van der Waals surface area (Å²) in [6.07, 6.45) is 3.59. The molecule has 110 valence electrons. The minimum atomic E-state index is -0.374. The number of ether oxygens (including phenoxy) is 1. The Bertz CT molecular complexity index is 482. The number of alkyl halides is 1. The number of rotatable bonds is 4. The number of non-ortho nitro benzene ring substituents is 1. The molecule has 0 heterocycles. The molecule has 2 unspecified atom stereocenters. The molecule has 20 heavy (non-hydrogen) atoms. The molecule has 1 saturated carbocycles. The second kappa shape index (κ2) is 6.57. The third kappa shape index (κ3) is 3.72. The largest absolute Gasteiger partial charge is 0.490 e. The molecule has 1 aromatic carbocycles. The molecule has 5 heteroatoms. The van der Waals surface area contributed by atoms with E-state index in [1.807, 2.05) is 0 Å². The maximum Gasteiger partial charge on any atom is 0.270 e. The molecule has 1 aromatic rings. The highest BCUT2D eigenvalue weighted by molar-refractivity contribution is 9.08. The van der Waals surface area contributed by atoms with Gasteiger partial charge in [-0.3, -0.25) is 10.1 Å². The maximum absolute atomic E-state index is 10.8. The van der Waals surface area contributed by atoms with Crippen molar-refractivity contribution in [3.05, 3.63) is 33.9 Å². The first kappa shape index (κ1) is 15.3. The van der Waals surface area contributed by atoms with E-state index in [-0.39, 0.29) is 16.7 Å². The average Bonchev–Trinajstić information content (AvgIpc) is 2.37. The second-order valence-corrected chi connectivity index (χ2v) is 6.40. The van der Waals surface area contributed by atoms with Gasteiger partial charge in [0, 0.05) is 23.0 Å². The number of hydrogen-bond donors (Lipinski definition) is 0. The summed E-state index contributed by atoms with van der Waals surface area (Å²) in [5, 5.41) is 11.4. The van der Waals surface area contributed by atoms with Gasteiger partial charge in [0.25, 0.3) is 5.69 Å². The minimum Gasteiger partial charge on any atom is -0.490 e. The van der Waals surface area contributed by atoms with E-state index in [0.29, 0.717) is 17.2 Å². The molecule has 1 aliphatic carbocycles. The van der Waals surface area contributed by atoms with Crippen molar-refractivity contribution >= 4 is 21.6 Å². The predicted octanol–water partition coefficient (Wildman–Crippen LogP) is 4.69. The fourth-order valence-electron chi connectivity index (χ4n) is 3.05. The van der Waals surface area contributed by atoms with Crippen LogP contribution in [0.4, 0.5) is 5.69 Å². The van der Waals surface area contributed by atoms with Crippen LogP contribution < -0.4 is 4.74 Å². The van der Waals surface area contributed by atoms with E-state index in [1.54, 1.807) is 12.1 Å². The number of nitrogens with zero attached hydrogens (tertiary/aromatic N) is 1. The summed E-state index contributed by atoms with van der Waals surface area (Å²) in [5.74, 6) is 2.11. The van der Waals surface area contributed by atoms with Crippen LogP contribution in [0, 0.1) is 22.0 Å². The average molecular weight is 342 g/mol. The highest BCUT2D eigenvalue weighted by Crippen LogP contribution is 2.33. The summed E-state index contributed by atoms with van der Waals surface area (Å²) >= 11 is 3.38. The van der Waals surface area contributed by atoms with E-state index in [1.165, 1.54) is 12.5 Å². The van der Waals surface area contributed by atoms with Crippen molar-refractivity contribution in [1.82, 2.24) is 0 Å². The van der Waals surface area contributed by atoms with Gasteiger partial charge in [-0.15, -0.1) is 0 Å². The van der Waals surface area contributed by atoms with Crippen LogP contribution in [0.5, 0.6) is 5.75 Å². The smallest absolute Gasteiger partial charge is 0.270 e. The number of nitro benzene ring substituents is 1. The van der Waals surface area contributed by atoms with Crippen LogP contribution >= 0.6 is 15.9 Å². The van der Waals surface area contributed by atoms with Crippen LogP contribution in [0.1, 0.15) is 38.7 Å².